The highest BCUT2D eigenvalue weighted by molar-refractivity contribution is 7.14. The summed E-state index contributed by atoms with van der Waals surface area (Å²) in [6, 6.07) is 2.76. The molecule has 5 heteroatoms. The molecule has 0 spiro atoms. The molecule has 0 saturated carbocycles. The zero-order chi connectivity index (χ0) is 18.3. The Morgan fingerprint density at radius 2 is 2.23 bits per heavy atom. The van der Waals surface area contributed by atoms with Gasteiger partial charge in [-0.1, -0.05) is 20.8 Å². The number of nitrogens with one attached hydrogen (secondary N) is 1. The number of hydrogen-bond acceptors (Lipinski definition) is 4. The predicted octanol–water partition coefficient (Wildman–Crippen LogP) is 3.49. The van der Waals surface area contributed by atoms with Crippen molar-refractivity contribution in [3.8, 4) is 0 Å². The molecule has 4 nitrogen and oxygen atoms in total. The van der Waals surface area contributed by atoms with Gasteiger partial charge in [-0.05, 0) is 61.6 Å². The largest absolute Gasteiger partial charge is 0.373 e. The molecule has 3 aliphatic rings. The van der Waals surface area contributed by atoms with E-state index < -0.39 is 0 Å². The Labute approximate surface area is 161 Å². The molecule has 3 unspecified atom stereocenters. The average molecular weight is 377 g/mol. The van der Waals surface area contributed by atoms with Crippen molar-refractivity contribution in [2.24, 2.45) is 11.3 Å². The van der Waals surface area contributed by atoms with Crippen LogP contribution in [0.15, 0.2) is 6.07 Å². The highest BCUT2D eigenvalue weighted by Crippen LogP contribution is 2.40. The van der Waals surface area contributed by atoms with Crippen molar-refractivity contribution in [2.75, 3.05) is 26.2 Å². The van der Waals surface area contributed by atoms with Crippen molar-refractivity contribution in [3.05, 3.63) is 21.4 Å². The first-order valence-electron chi connectivity index (χ1n) is 10.2. The van der Waals surface area contributed by atoms with Gasteiger partial charge in [0.05, 0.1) is 17.6 Å². The molecule has 2 fully saturated rings. The molecule has 3 heterocycles. The molecule has 1 aliphatic carbocycles. The first-order chi connectivity index (χ1) is 12.4. The summed E-state index contributed by atoms with van der Waals surface area (Å²) in [4.78, 5) is 17.5. The van der Waals surface area contributed by atoms with Crippen LogP contribution in [0.5, 0.6) is 0 Å². The fourth-order valence-electron chi connectivity index (χ4n) is 4.68. The second-order valence-electron chi connectivity index (χ2n) is 9.32. The smallest absolute Gasteiger partial charge is 0.261 e. The summed E-state index contributed by atoms with van der Waals surface area (Å²) in [5.41, 5.74) is 1.74. The minimum atomic E-state index is 0.0730. The molecule has 1 N–H and O–H groups in total. The van der Waals surface area contributed by atoms with Crippen molar-refractivity contribution >= 4 is 17.2 Å². The summed E-state index contributed by atoms with van der Waals surface area (Å²) in [7, 11) is 0. The van der Waals surface area contributed by atoms with Gasteiger partial charge in [-0.15, -0.1) is 11.3 Å². The molecule has 0 bridgehead atoms. The maximum absolute atomic E-state index is 12.6. The topological polar surface area (TPSA) is 41.6 Å². The highest BCUT2D eigenvalue weighted by Gasteiger charge is 2.33. The van der Waals surface area contributed by atoms with E-state index in [4.69, 9.17) is 4.74 Å². The third-order valence-electron chi connectivity index (χ3n) is 6.48. The maximum Gasteiger partial charge on any atom is 0.261 e. The summed E-state index contributed by atoms with van der Waals surface area (Å²) < 4.78 is 5.96. The molecule has 3 atom stereocenters. The number of carbonyl (C=O) groups is 1. The molecule has 4 rings (SSSR count). The van der Waals surface area contributed by atoms with Gasteiger partial charge in [0.25, 0.3) is 5.91 Å². The van der Waals surface area contributed by atoms with E-state index in [9.17, 15) is 4.79 Å². The summed E-state index contributed by atoms with van der Waals surface area (Å²) in [5.74, 6) is 0.786. The minimum Gasteiger partial charge on any atom is -0.373 e. The summed E-state index contributed by atoms with van der Waals surface area (Å²) in [6.07, 6.45) is 6.15. The Bertz CT molecular complexity index is 663. The van der Waals surface area contributed by atoms with Crippen LogP contribution in [0.2, 0.25) is 0 Å². The van der Waals surface area contributed by atoms with Gasteiger partial charge >= 0.3 is 0 Å². The van der Waals surface area contributed by atoms with Crippen LogP contribution in [0.25, 0.3) is 0 Å². The van der Waals surface area contributed by atoms with Crippen LogP contribution >= 0.6 is 11.3 Å². The van der Waals surface area contributed by atoms with Crippen LogP contribution in [-0.4, -0.2) is 49.2 Å². The van der Waals surface area contributed by atoms with E-state index in [2.05, 4.69) is 37.1 Å². The minimum absolute atomic E-state index is 0.0730. The molecule has 1 aromatic rings. The van der Waals surface area contributed by atoms with Gasteiger partial charge in [-0.25, -0.2) is 0 Å². The van der Waals surface area contributed by atoms with Gasteiger partial charge in [0.15, 0.2) is 0 Å². The number of carbonyl (C=O) groups excluding carboxylic acids is 1. The van der Waals surface area contributed by atoms with Gasteiger partial charge in [0.1, 0.15) is 0 Å². The van der Waals surface area contributed by atoms with Crippen LogP contribution < -0.4 is 5.32 Å². The monoisotopic (exact) mass is 376 g/mol. The lowest BCUT2D eigenvalue weighted by Gasteiger charge is -2.35. The third-order valence-corrected chi connectivity index (χ3v) is 7.72. The number of rotatable bonds is 3. The number of aryl methyl sites for hydroxylation is 1. The number of hydrogen-bond donors (Lipinski definition) is 1. The molecule has 144 valence electrons. The lowest BCUT2D eigenvalue weighted by molar-refractivity contribution is -0.0461. The van der Waals surface area contributed by atoms with Crippen LogP contribution in [0.1, 0.15) is 60.1 Å². The second-order valence-corrected chi connectivity index (χ2v) is 10.5. The van der Waals surface area contributed by atoms with Gasteiger partial charge in [0.2, 0.25) is 0 Å². The van der Waals surface area contributed by atoms with Gasteiger partial charge in [-0.2, -0.15) is 0 Å². The molecule has 2 aliphatic heterocycles. The highest BCUT2D eigenvalue weighted by atomic mass is 32.1. The molecular weight excluding hydrogens is 344 g/mol. The van der Waals surface area contributed by atoms with Crippen molar-refractivity contribution in [1.29, 1.82) is 0 Å². The van der Waals surface area contributed by atoms with Crippen molar-refractivity contribution in [2.45, 2.75) is 65.0 Å². The predicted molar refractivity (Wildman–Crippen MR) is 106 cm³/mol. The van der Waals surface area contributed by atoms with Gasteiger partial charge in [0, 0.05) is 24.0 Å². The Hall–Kier alpha value is -0.910. The summed E-state index contributed by atoms with van der Waals surface area (Å²) in [6.45, 7) is 10.6. The Balaban J connectivity index is 1.32. The first-order valence-corrected chi connectivity index (χ1v) is 11.0. The zero-order valence-corrected chi connectivity index (χ0v) is 17.2. The number of nitrogens with zero attached hydrogens (tertiary/aromatic N) is 1. The van der Waals surface area contributed by atoms with Crippen LogP contribution in [0, 0.1) is 11.3 Å². The quantitative estimate of drug-likeness (QED) is 0.878. The van der Waals surface area contributed by atoms with E-state index in [0.717, 1.165) is 30.9 Å². The number of thiophene rings is 1. The molecule has 0 aromatic carbocycles. The number of amides is 1. The number of fused-ring (bicyclic) bond motifs is 2. The van der Waals surface area contributed by atoms with Crippen molar-refractivity contribution < 1.29 is 9.53 Å². The third kappa shape index (κ3) is 3.85. The van der Waals surface area contributed by atoms with Gasteiger partial charge in [-0.3, -0.25) is 9.69 Å². The fraction of sp³-hybridized carbons (Fsp3) is 0.762. The van der Waals surface area contributed by atoms with E-state index in [1.807, 2.05) is 0 Å². The number of ether oxygens (including phenoxy) is 1. The molecular formula is C21H32N2O2S. The van der Waals surface area contributed by atoms with Crippen molar-refractivity contribution in [3.63, 3.8) is 0 Å². The molecule has 1 aromatic heterocycles. The van der Waals surface area contributed by atoms with E-state index in [1.54, 1.807) is 11.3 Å². The molecule has 26 heavy (non-hydrogen) atoms. The first kappa shape index (κ1) is 18.5. The van der Waals surface area contributed by atoms with E-state index in [-0.39, 0.29) is 12.0 Å². The summed E-state index contributed by atoms with van der Waals surface area (Å²) in [5, 5.41) is 3.12. The second kappa shape index (κ2) is 7.25. The molecule has 1 amide bonds. The maximum atomic E-state index is 12.6. The van der Waals surface area contributed by atoms with Crippen molar-refractivity contribution in [1.82, 2.24) is 10.2 Å². The Morgan fingerprint density at radius 3 is 3.04 bits per heavy atom. The van der Waals surface area contributed by atoms with Crippen LogP contribution in [0.4, 0.5) is 0 Å². The van der Waals surface area contributed by atoms with Crippen LogP contribution in [0.3, 0.4) is 0 Å². The Kier molecular flexibility index (Phi) is 5.15. The Morgan fingerprint density at radius 1 is 1.38 bits per heavy atom. The lowest BCUT2D eigenvalue weighted by Crippen LogP contribution is -2.50. The van der Waals surface area contributed by atoms with E-state index >= 15 is 0 Å². The van der Waals surface area contributed by atoms with E-state index in [1.165, 1.54) is 36.2 Å². The normalized spacial score (nSPS) is 29.3. The molecule has 0 radical (unpaired) electrons. The SMILES string of the molecule is CC(C)(C)C1CCc2sc(C(=O)NCC3CN4CCCC4CO3)cc2C1. The standard InChI is InChI=1S/C21H32N2O2S/c1-21(2,3)15-6-7-18-14(9-15)10-19(26-18)20(24)22-11-17-12-23-8-4-5-16(23)13-25-17/h10,15-17H,4-9,11-13H2,1-3H3,(H,22,24). The summed E-state index contributed by atoms with van der Waals surface area (Å²) >= 11 is 1.69. The average Bonchev–Trinajstić information content (AvgIpc) is 3.24. The lowest BCUT2D eigenvalue weighted by atomic mass is 9.72. The number of morpholine rings is 1. The van der Waals surface area contributed by atoms with Gasteiger partial charge < -0.3 is 10.1 Å². The van der Waals surface area contributed by atoms with Crippen LogP contribution in [-0.2, 0) is 17.6 Å². The fourth-order valence-corrected chi connectivity index (χ4v) is 5.80. The zero-order valence-electron chi connectivity index (χ0n) is 16.3. The molecule has 2 saturated heterocycles. The van der Waals surface area contributed by atoms with E-state index in [0.29, 0.717) is 23.9 Å².